The predicted octanol–water partition coefficient (Wildman–Crippen LogP) is 3.81. The molecule has 0 saturated carbocycles. The Morgan fingerprint density at radius 2 is 1.82 bits per heavy atom. The second-order valence-electron chi connectivity index (χ2n) is 6.25. The summed E-state index contributed by atoms with van der Waals surface area (Å²) < 4.78 is 11.1. The highest BCUT2D eigenvalue weighted by atomic mass is 16.6. The average molecular weight is 376 g/mol. The molecule has 3 aromatic rings. The van der Waals surface area contributed by atoms with Gasteiger partial charge in [0.2, 0.25) is 0 Å². The fourth-order valence-corrected chi connectivity index (χ4v) is 2.93. The number of ether oxygens (including phenoxy) is 2. The molecule has 7 nitrogen and oxygen atoms in total. The Morgan fingerprint density at radius 1 is 1.00 bits per heavy atom. The normalized spacial score (nSPS) is 12.3. The van der Waals surface area contributed by atoms with Crippen LogP contribution in [0.2, 0.25) is 0 Å². The van der Waals surface area contributed by atoms with E-state index in [9.17, 15) is 4.79 Å². The van der Waals surface area contributed by atoms with Gasteiger partial charge in [0.1, 0.15) is 13.2 Å². The van der Waals surface area contributed by atoms with Gasteiger partial charge in [-0.05, 0) is 42.3 Å². The Kier molecular flexibility index (Phi) is 5.05. The zero-order valence-electron chi connectivity index (χ0n) is 15.4. The van der Waals surface area contributed by atoms with Gasteiger partial charge < -0.3 is 20.1 Å². The highest BCUT2D eigenvalue weighted by Crippen LogP contribution is 2.33. The van der Waals surface area contributed by atoms with Crippen molar-refractivity contribution in [3.63, 3.8) is 0 Å². The number of fused-ring (bicyclic) bond motifs is 1. The van der Waals surface area contributed by atoms with Gasteiger partial charge in [0, 0.05) is 17.4 Å². The third-order valence-electron chi connectivity index (χ3n) is 4.36. The molecule has 0 radical (unpaired) electrons. The first-order valence-corrected chi connectivity index (χ1v) is 9.12. The van der Waals surface area contributed by atoms with Gasteiger partial charge in [0.05, 0.1) is 0 Å². The molecule has 1 aromatic heterocycles. The van der Waals surface area contributed by atoms with Crippen molar-refractivity contribution in [3.05, 3.63) is 65.9 Å². The molecular weight excluding hydrogens is 356 g/mol. The number of para-hydroxylation sites is 1. The van der Waals surface area contributed by atoms with Crippen molar-refractivity contribution >= 4 is 23.1 Å². The molecule has 4 rings (SSSR count). The van der Waals surface area contributed by atoms with Gasteiger partial charge in [-0.2, -0.15) is 0 Å². The lowest BCUT2D eigenvalue weighted by molar-refractivity contribution is 0.102. The molecule has 0 atom stereocenters. The molecule has 0 fully saturated rings. The monoisotopic (exact) mass is 376 g/mol. The molecular formula is C21H20N4O3. The van der Waals surface area contributed by atoms with E-state index >= 15 is 0 Å². The van der Waals surface area contributed by atoms with Crippen molar-refractivity contribution in [1.29, 1.82) is 0 Å². The summed E-state index contributed by atoms with van der Waals surface area (Å²) in [6, 6.07) is 16.6. The van der Waals surface area contributed by atoms with Gasteiger partial charge in [-0.1, -0.05) is 25.1 Å². The molecule has 2 heterocycles. The largest absolute Gasteiger partial charge is 0.486 e. The fourth-order valence-electron chi connectivity index (χ4n) is 2.93. The van der Waals surface area contributed by atoms with Gasteiger partial charge in [-0.3, -0.25) is 4.79 Å². The van der Waals surface area contributed by atoms with E-state index in [1.165, 1.54) is 0 Å². The third kappa shape index (κ3) is 3.88. The van der Waals surface area contributed by atoms with Crippen molar-refractivity contribution in [2.24, 2.45) is 0 Å². The van der Waals surface area contributed by atoms with Gasteiger partial charge in [0.15, 0.2) is 23.0 Å². The second kappa shape index (κ2) is 7.96. The van der Waals surface area contributed by atoms with E-state index in [2.05, 4.69) is 20.8 Å². The van der Waals surface area contributed by atoms with Crippen LogP contribution in [0.1, 0.15) is 23.0 Å². The van der Waals surface area contributed by atoms with E-state index in [0.29, 0.717) is 24.8 Å². The first-order chi connectivity index (χ1) is 13.7. The smallest absolute Gasteiger partial charge is 0.276 e. The highest BCUT2D eigenvalue weighted by molar-refractivity contribution is 6.03. The Hall–Kier alpha value is -3.61. The van der Waals surface area contributed by atoms with Crippen LogP contribution in [0, 0.1) is 0 Å². The van der Waals surface area contributed by atoms with E-state index in [1.54, 1.807) is 12.1 Å². The SMILES string of the molecule is CCc1ccccc1NC(=O)c1ccc(Nc2ccc3c(c2)OCCO3)nn1. The van der Waals surface area contributed by atoms with Crippen molar-refractivity contribution in [2.45, 2.75) is 13.3 Å². The number of nitrogens with zero attached hydrogens (tertiary/aromatic N) is 2. The standard InChI is InChI=1S/C21H20N4O3/c1-2-14-5-3-4-6-16(14)23-21(26)17-8-10-20(25-24-17)22-15-7-9-18-19(13-15)28-12-11-27-18/h3-10,13H,2,11-12H2,1H3,(H,22,25)(H,23,26). The molecule has 1 amide bonds. The van der Waals surface area contributed by atoms with Crippen molar-refractivity contribution in [2.75, 3.05) is 23.8 Å². The van der Waals surface area contributed by atoms with Crippen molar-refractivity contribution in [1.82, 2.24) is 10.2 Å². The average Bonchev–Trinajstić information content (AvgIpc) is 2.74. The number of nitrogens with one attached hydrogen (secondary N) is 2. The van der Waals surface area contributed by atoms with Crippen LogP contribution >= 0.6 is 0 Å². The third-order valence-corrected chi connectivity index (χ3v) is 4.36. The van der Waals surface area contributed by atoms with Gasteiger partial charge >= 0.3 is 0 Å². The van der Waals surface area contributed by atoms with Crippen LogP contribution in [0.15, 0.2) is 54.6 Å². The summed E-state index contributed by atoms with van der Waals surface area (Å²) in [5, 5.41) is 14.2. The van der Waals surface area contributed by atoms with Crippen molar-refractivity contribution in [3.8, 4) is 11.5 Å². The Bertz CT molecular complexity index is 989. The molecule has 0 saturated heterocycles. The molecule has 1 aliphatic rings. The second-order valence-corrected chi connectivity index (χ2v) is 6.25. The van der Waals surface area contributed by atoms with Crippen LogP contribution in [-0.4, -0.2) is 29.3 Å². The summed E-state index contributed by atoms with van der Waals surface area (Å²) in [4.78, 5) is 12.4. The zero-order valence-corrected chi connectivity index (χ0v) is 15.4. The van der Waals surface area contributed by atoms with Crippen LogP contribution in [0.5, 0.6) is 11.5 Å². The lowest BCUT2D eigenvalue weighted by atomic mass is 10.1. The molecule has 28 heavy (non-hydrogen) atoms. The van der Waals surface area contributed by atoms with E-state index in [1.807, 2.05) is 49.4 Å². The van der Waals surface area contributed by atoms with Crippen LogP contribution < -0.4 is 20.1 Å². The van der Waals surface area contributed by atoms with Crippen LogP contribution in [-0.2, 0) is 6.42 Å². The predicted molar refractivity (Wildman–Crippen MR) is 107 cm³/mol. The van der Waals surface area contributed by atoms with Gasteiger partial charge in [-0.25, -0.2) is 0 Å². The van der Waals surface area contributed by atoms with Crippen molar-refractivity contribution < 1.29 is 14.3 Å². The number of rotatable bonds is 5. The lowest BCUT2D eigenvalue weighted by Crippen LogP contribution is -2.16. The minimum Gasteiger partial charge on any atom is -0.486 e. The maximum atomic E-state index is 12.4. The summed E-state index contributed by atoms with van der Waals surface area (Å²) in [6.45, 7) is 3.13. The van der Waals surface area contributed by atoms with Gasteiger partial charge in [-0.15, -0.1) is 10.2 Å². The Morgan fingerprint density at radius 3 is 2.61 bits per heavy atom. The summed E-state index contributed by atoms with van der Waals surface area (Å²) in [7, 11) is 0. The number of carbonyl (C=O) groups excluding carboxylic acids is 1. The molecule has 2 N–H and O–H groups in total. The summed E-state index contributed by atoms with van der Waals surface area (Å²) in [6.07, 6.45) is 0.834. The number of aryl methyl sites for hydroxylation is 1. The summed E-state index contributed by atoms with van der Waals surface area (Å²) in [5.41, 5.74) is 2.90. The fraction of sp³-hybridized carbons (Fsp3) is 0.190. The molecule has 142 valence electrons. The molecule has 0 unspecified atom stereocenters. The number of carbonyl (C=O) groups is 1. The minimum atomic E-state index is -0.292. The van der Waals surface area contributed by atoms with E-state index in [4.69, 9.17) is 9.47 Å². The van der Waals surface area contributed by atoms with E-state index in [-0.39, 0.29) is 11.6 Å². The molecule has 2 aromatic carbocycles. The van der Waals surface area contributed by atoms with E-state index < -0.39 is 0 Å². The summed E-state index contributed by atoms with van der Waals surface area (Å²) >= 11 is 0. The first-order valence-electron chi connectivity index (χ1n) is 9.12. The number of hydrogen-bond donors (Lipinski definition) is 2. The van der Waals surface area contributed by atoms with Crippen LogP contribution in [0.4, 0.5) is 17.2 Å². The van der Waals surface area contributed by atoms with Gasteiger partial charge in [0.25, 0.3) is 5.91 Å². The quantitative estimate of drug-likeness (QED) is 0.704. The summed E-state index contributed by atoms with van der Waals surface area (Å²) in [5.74, 6) is 1.65. The first kappa shape index (κ1) is 17.8. The highest BCUT2D eigenvalue weighted by Gasteiger charge is 2.13. The van der Waals surface area contributed by atoms with Crippen LogP contribution in [0.3, 0.4) is 0 Å². The molecule has 0 aliphatic carbocycles. The number of hydrogen-bond acceptors (Lipinski definition) is 6. The molecule has 1 aliphatic heterocycles. The minimum absolute atomic E-state index is 0.249. The maximum Gasteiger partial charge on any atom is 0.276 e. The Balaban J connectivity index is 1.44. The topological polar surface area (TPSA) is 85.4 Å². The number of aromatic nitrogens is 2. The number of benzene rings is 2. The number of anilines is 3. The lowest BCUT2D eigenvalue weighted by Gasteiger charge is -2.19. The van der Waals surface area contributed by atoms with Crippen LogP contribution in [0.25, 0.3) is 0 Å². The number of amides is 1. The molecule has 0 bridgehead atoms. The maximum absolute atomic E-state index is 12.4. The molecule has 7 heteroatoms. The molecule has 0 spiro atoms. The zero-order chi connectivity index (χ0) is 19.3. The van der Waals surface area contributed by atoms with E-state index in [0.717, 1.165) is 29.1 Å². The Labute approximate surface area is 162 Å².